The van der Waals surface area contributed by atoms with Crippen LogP contribution in [0.3, 0.4) is 0 Å². The van der Waals surface area contributed by atoms with E-state index in [2.05, 4.69) is 0 Å². The molecule has 0 N–H and O–H groups in total. The number of carbonyl (C=O) groups is 2. The van der Waals surface area contributed by atoms with Gasteiger partial charge in [0.25, 0.3) is 0 Å². The molecule has 4 nitrogen and oxygen atoms in total. The fourth-order valence-corrected chi connectivity index (χ4v) is 4.54. The zero-order valence-electron chi connectivity index (χ0n) is 15.4. The van der Waals surface area contributed by atoms with Crippen LogP contribution in [0.1, 0.15) is 26.9 Å². The summed E-state index contributed by atoms with van der Waals surface area (Å²) >= 11 is 1.57. The van der Waals surface area contributed by atoms with E-state index in [1.807, 2.05) is 54.6 Å². The highest BCUT2D eigenvalue weighted by Gasteiger charge is 2.35. The number of amides is 1. The molecule has 1 aliphatic heterocycles. The molecule has 1 aliphatic rings. The topological polar surface area (TPSA) is 46.6 Å². The van der Waals surface area contributed by atoms with Crippen LogP contribution in [-0.2, 0) is 4.79 Å². The molecule has 0 aromatic heterocycles. The number of thioether (sulfide) groups is 1. The Labute approximate surface area is 168 Å². The first-order chi connectivity index (χ1) is 13.7. The van der Waals surface area contributed by atoms with Gasteiger partial charge in [0.1, 0.15) is 11.1 Å². The van der Waals surface area contributed by atoms with Gasteiger partial charge >= 0.3 is 0 Å². The predicted octanol–water partition coefficient (Wildman–Crippen LogP) is 4.70. The monoisotopic (exact) mass is 389 g/mol. The van der Waals surface area contributed by atoms with Crippen LogP contribution in [0.4, 0.5) is 5.69 Å². The number of ketones is 1. The number of ether oxygens (including phenoxy) is 1. The number of methoxy groups -OCH3 is 1. The van der Waals surface area contributed by atoms with Crippen LogP contribution in [0.2, 0.25) is 0 Å². The van der Waals surface area contributed by atoms with E-state index in [0.717, 1.165) is 17.0 Å². The molecule has 1 heterocycles. The molecule has 4 rings (SSSR count). The van der Waals surface area contributed by atoms with E-state index in [9.17, 15) is 9.59 Å². The lowest BCUT2D eigenvalue weighted by Crippen LogP contribution is -2.28. The Bertz CT molecular complexity index is 1000. The summed E-state index contributed by atoms with van der Waals surface area (Å²) in [6.07, 6.45) is 0. The number of hydrogen-bond donors (Lipinski definition) is 0. The van der Waals surface area contributed by atoms with Gasteiger partial charge in [0.2, 0.25) is 5.91 Å². The van der Waals surface area contributed by atoms with Gasteiger partial charge in [0.05, 0.1) is 12.9 Å². The molecule has 0 spiro atoms. The van der Waals surface area contributed by atoms with Crippen LogP contribution in [0, 0.1) is 0 Å². The Balaban J connectivity index is 1.64. The van der Waals surface area contributed by atoms with Crippen molar-refractivity contribution in [1.29, 1.82) is 0 Å². The van der Waals surface area contributed by atoms with Crippen molar-refractivity contribution in [3.63, 3.8) is 0 Å². The molecule has 3 aromatic carbocycles. The average Bonchev–Trinajstić information content (AvgIpc) is 3.15. The van der Waals surface area contributed by atoms with Crippen molar-refractivity contribution >= 4 is 29.1 Å². The van der Waals surface area contributed by atoms with Crippen molar-refractivity contribution in [3.05, 3.63) is 95.6 Å². The fraction of sp³-hybridized carbons (Fsp3) is 0.130. The summed E-state index contributed by atoms with van der Waals surface area (Å²) in [6.45, 7) is 0. The molecule has 1 fully saturated rings. The van der Waals surface area contributed by atoms with Crippen molar-refractivity contribution in [2.75, 3.05) is 17.8 Å². The number of benzene rings is 3. The summed E-state index contributed by atoms with van der Waals surface area (Å²) in [5.41, 5.74) is 2.99. The van der Waals surface area contributed by atoms with Crippen molar-refractivity contribution in [1.82, 2.24) is 0 Å². The van der Waals surface area contributed by atoms with E-state index in [1.165, 1.54) is 0 Å². The molecule has 140 valence electrons. The average molecular weight is 389 g/mol. The van der Waals surface area contributed by atoms with Gasteiger partial charge in [-0.05, 0) is 30.3 Å². The number of para-hydroxylation sites is 1. The zero-order chi connectivity index (χ0) is 19.5. The third-order valence-electron chi connectivity index (χ3n) is 4.72. The quantitative estimate of drug-likeness (QED) is 0.593. The van der Waals surface area contributed by atoms with E-state index in [1.54, 1.807) is 48.0 Å². The lowest BCUT2D eigenvalue weighted by molar-refractivity contribution is -0.115. The van der Waals surface area contributed by atoms with Crippen LogP contribution < -0.4 is 9.64 Å². The minimum absolute atomic E-state index is 0.0319. The van der Waals surface area contributed by atoms with E-state index in [-0.39, 0.29) is 17.1 Å². The second-order valence-electron chi connectivity index (χ2n) is 6.41. The first-order valence-corrected chi connectivity index (χ1v) is 10.0. The maximum absolute atomic E-state index is 12.6. The van der Waals surface area contributed by atoms with Crippen molar-refractivity contribution in [3.8, 4) is 5.75 Å². The number of anilines is 1. The predicted molar refractivity (Wildman–Crippen MR) is 112 cm³/mol. The second kappa shape index (κ2) is 7.90. The third-order valence-corrected chi connectivity index (χ3v) is 5.91. The summed E-state index contributed by atoms with van der Waals surface area (Å²) in [4.78, 5) is 27.0. The largest absolute Gasteiger partial charge is 0.496 e. The first kappa shape index (κ1) is 18.3. The van der Waals surface area contributed by atoms with Crippen LogP contribution in [0.25, 0.3) is 0 Å². The van der Waals surface area contributed by atoms with Gasteiger partial charge in [-0.25, -0.2) is 0 Å². The molecular formula is C23H19NO3S. The summed E-state index contributed by atoms with van der Waals surface area (Å²) in [5.74, 6) is 1.18. The molecule has 5 heteroatoms. The normalized spacial score (nSPS) is 16.2. The van der Waals surface area contributed by atoms with E-state index < -0.39 is 0 Å². The Hall–Kier alpha value is -3.05. The maximum atomic E-state index is 12.6. The number of carbonyl (C=O) groups excluding carboxylic acids is 2. The summed E-state index contributed by atoms with van der Waals surface area (Å²) in [7, 11) is 1.63. The zero-order valence-corrected chi connectivity index (χ0v) is 16.2. The van der Waals surface area contributed by atoms with Crippen molar-refractivity contribution in [2.24, 2.45) is 0 Å². The van der Waals surface area contributed by atoms with Gasteiger partial charge < -0.3 is 4.74 Å². The molecule has 1 saturated heterocycles. The standard InChI is InChI=1S/C23H19NO3S/c1-27-20-10-6-5-9-19(20)23-24(21(25)15-28-23)18-13-11-17(12-14-18)22(26)16-7-3-2-4-8-16/h2-14,23H,15H2,1H3. The molecule has 1 atom stereocenters. The fourth-order valence-electron chi connectivity index (χ4n) is 3.33. The Kier molecular flexibility index (Phi) is 5.17. The molecule has 1 amide bonds. The van der Waals surface area contributed by atoms with Crippen molar-refractivity contribution < 1.29 is 14.3 Å². The van der Waals surface area contributed by atoms with Crippen LogP contribution in [0.15, 0.2) is 78.9 Å². The van der Waals surface area contributed by atoms with Crippen molar-refractivity contribution in [2.45, 2.75) is 5.37 Å². The molecule has 1 unspecified atom stereocenters. The van der Waals surface area contributed by atoms with Gasteiger partial charge in [-0.15, -0.1) is 11.8 Å². The number of rotatable bonds is 5. The first-order valence-electron chi connectivity index (χ1n) is 8.95. The van der Waals surface area contributed by atoms with Crippen LogP contribution in [-0.4, -0.2) is 24.6 Å². The molecule has 0 saturated carbocycles. The Morgan fingerprint density at radius 2 is 1.57 bits per heavy atom. The summed E-state index contributed by atoms with van der Waals surface area (Å²) in [5, 5.41) is -0.153. The van der Waals surface area contributed by atoms with Gasteiger partial charge in [-0.2, -0.15) is 0 Å². The summed E-state index contributed by atoms with van der Waals surface area (Å²) in [6, 6.07) is 24.1. The summed E-state index contributed by atoms with van der Waals surface area (Å²) < 4.78 is 5.48. The van der Waals surface area contributed by atoms with E-state index in [4.69, 9.17) is 4.74 Å². The lowest BCUT2D eigenvalue weighted by Gasteiger charge is -2.25. The van der Waals surface area contributed by atoms with E-state index >= 15 is 0 Å². The maximum Gasteiger partial charge on any atom is 0.238 e. The molecular weight excluding hydrogens is 370 g/mol. The lowest BCUT2D eigenvalue weighted by atomic mass is 10.0. The van der Waals surface area contributed by atoms with E-state index in [0.29, 0.717) is 16.9 Å². The molecule has 3 aromatic rings. The third kappa shape index (κ3) is 3.41. The highest BCUT2D eigenvalue weighted by Crippen LogP contribution is 2.44. The highest BCUT2D eigenvalue weighted by atomic mass is 32.2. The highest BCUT2D eigenvalue weighted by molar-refractivity contribution is 8.00. The molecule has 28 heavy (non-hydrogen) atoms. The minimum atomic E-state index is -0.153. The van der Waals surface area contributed by atoms with Gasteiger partial charge in [0, 0.05) is 22.4 Å². The van der Waals surface area contributed by atoms with Gasteiger partial charge in [-0.3, -0.25) is 14.5 Å². The van der Waals surface area contributed by atoms with Crippen LogP contribution >= 0.6 is 11.8 Å². The van der Waals surface area contributed by atoms with Crippen LogP contribution in [0.5, 0.6) is 5.75 Å². The van der Waals surface area contributed by atoms with Gasteiger partial charge in [0.15, 0.2) is 5.78 Å². The Morgan fingerprint density at radius 3 is 2.29 bits per heavy atom. The second-order valence-corrected chi connectivity index (χ2v) is 7.48. The molecule has 0 aliphatic carbocycles. The smallest absolute Gasteiger partial charge is 0.238 e. The SMILES string of the molecule is COc1ccccc1C1SCC(=O)N1c1ccc(C(=O)c2ccccc2)cc1. The Morgan fingerprint density at radius 1 is 0.929 bits per heavy atom. The number of nitrogens with zero attached hydrogens (tertiary/aromatic N) is 1. The molecule has 0 bridgehead atoms. The molecule has 0 radical (unpaired) electrons. The minimum Gasteiger partial charge on any atom is -0.496 e. The van der Waals surface area contributed by atoms with Gasteiger partial charge in [-0.1, -0.05) is 48.5 Å². The number of hydrogen-bond acceptors (Lipinski definition) is 4.